The summed E-state index contributed by atoms with van der Waals surface area (Å²) in [6.07, 6.45) is -6.96. The van der Waals surface area contributed by atoms with E-state index in [2.05, 4.69) is 0 Å². The van der Waals surface area contributed by atoms with Crippen molar-refractivity contribution < 1.29 is 84.8 Å². The summed E-state index contributed by atoms with van der Waals surface area (Å²) >= 11 is 0. The van der Waals surface area contributed by atoms with Crippen LogP contribution in [0.5, 0.6) is 0 Å². The number of carboxylic acid groups (broad SMARTS) is 3. The maximum atomic E-state index is 9.98. The molecule has 7 N–H and O–H groups in total. The van der Waals surface area contributed by atoms with Gasteiger partial charge in [-0.15, -0.1) is 0 Å². The fourth-order valence-electron chi connectivity index (χ4n) is 0.804. The summed E-state index contributed by atoms with van der Waals surface area (Å²) in [5, 5.41) is 69.1. The van der Waals surface area contributed by atoms with Crippen LogP contribution in [0, 0.1) is 0 Å². The molecule has 0 rings (SSSR count). The van der Waals surface area contributed by atoms with Crippen LogP contribution in [-0.4, -0.2) is 84.7 Å². The van der Waals surface area contributed by atoms with E-state index in [1.807, 2.05) is 0 Å². The van der Waals surface area contributed by atoms with E-state index in [0.29, 0.717) is 12.2 Å². The van der Waals surface area contributed by atoms with Crippen molar-refractivity contribution in [2.24, 2.45) is 0 Å². The van der Waals surface area contributed by atoms with Gasteiger partial charge >= 0.3 is 41.5 Å². The summed E-state index contributed by atoms with van der Waals surface area (Å²) in [4.78, 5) is 29.1. The summed E-state index contributed by atoms with van der Waals surface area (Å²) in [7, 11) is 0. The Balaban J connectivity index is -0.000000348. The predicted molar refractivity (Wildman–Crippen MR) is 60.5 cm³/mol. The molecule has 22 heavy (non-hydrogen) atoms. The monoisotopic (exact) mass is 334 g/mol. The summed E-state index contributed by atoms with van der Waals surface area (Å²) < 4.78 is 0. The Morgan fingerprint density at radius 2 is 1.27 bits per heavy atom. The maximum Gasteiger partial charge on any atom is 1.00 e. The van der Waals surface area contributed by atoms with Crippen LogP contribution in [0.4, 0.5) is 0 Å². The largest absolute Gasteiger partial charge is 1.00 e. The van der Waals surface area contributed by atoms with Gasteiger partial charge in [0.2, 0.25) is 0 Å². The van der Waals surface area contributed by atoms with Crippen LogP contribution in [0.15, 0.2) is 12.2 Å². The maximum absolute atomic E-state index is 9.98. The summed E-state index contributed by atoms with van der Waals surface area (Å²) in [6.45, 7) is -0.863. The molecule has 0 radical (unpaired) electrons. The fraction of sp³-hybridized carbons (Fsp3) is 0.500. The first-order valence-corrected chi connectivity index (χ1v) is 5.22. The molecule has 0 aromatic carbocycles. The number of aliphatic hydroxyl groups is 5. The van der Waals surface area contributed by atoms with E-state index in [1.54, 1.807) is 0 Å². The van der Waals surface area contributed by atoms with Crippen LogP contribution >= 0.6 is 0 Å². The molecule has 11 nitrogen and oxygen atoms in total. The average Bonchev–Trinajstić information content (AvgIpc) is 2.42. The zero-order valence-corrected chi connectivity index (χ0v) is 13.4. The molecular weight excluding hydrogens is 319 g/mol. The van der Waals surface area contributed by atoms with Gasteiger partial charge in [0.25, 0.3) is 0 Å². The van der Waals surface area contributed by atoms with Gasteiger partial charge in [0.15, 0.2) is 0 Å². The normalized spacial score (nSPS) is 15.5. The number of carbonyl (C=O) groups excluding carboxylic acids is 1. The van der Waals surface area contributed by atoms with E-state index in [1.165, 1.54) is 0 Å². The van der Waals surface area contributed by atoms with Crippen LogP contribution < -0.4 is 34.7 Å². The fourth-order valence-corrected chi connectivity index (χ4v) is 0.804. The standard InChI is InChI=1S/C6H12O7.C4H4O4.Na/c7-1-2(8)3(9)4(10)5(11)6(12)13;5-3(6)1-2-4(7)8;/h2-5,7-11H,1H2,(H,12,13);1-2H,(H,5,6)(H,7,8);/q;;+1/p-1/b;2-1+;/t2-,3-,4+,5-;;/m1../s1. The Bertz CT molecular complexity index is 367. The molecule has 0 aliphatic carbocycles. The van der Waals surface area contributed by atoms with Gasteiger partial charge in [-0.05, 0) is 0 Å². The Kier molecular flexibility index (Phi) is 16.0. The molecule has 0 saturated heterocycles. The van der Waals surface area contributed by atoms with Crippen molar-refractivity contribution in [2.75, 3.05) is 6.61 Å². The summed E-state index contributed by atoms with van der Waals surface area (Å²) in [6, 6.07) is 0. The Labute approximate surface area is 146 Å². The summed E-state index contributed by atoms with van der Waals surface area (Å²) in [5.41, 5.74) is 0. The van der Waals surface area contributed by atoms with Crippen molar-refractivity contribution in [3.05, 3.63) is 12.2 Å². The molecule has 0 bridgehead atoms. The minimum atomic E-state index is -2.31. The molecule has 0 aromatic rings. The SMILES string of the molecule is O=C(O)/C=C/C(=O)O.O=C([O-])[C@H](O)[C@@H](O)[C@H](O)[C@H](O)CO.[Na+]. The second kappa shape index (κ2) is 13.6. The second-order valence-corrected chi connectivity index (χ2v) is 3.50. The van der Waals surface area contributed by atoms with Crippen LogP contribution in [0.25, 0.3) is 0 Å². The number of aliphatic hydroxyl groups excluding tert-OH is 5. The number of aliphatic carboxylic acids is 3. The molecule has 0 aromatic heterocycles. The van der Waals surface area contributed by atoms with E-state index < -0.39 is 48.9 Å². The first-order chi connectivity index (χ1) is 9.54. The first kappa shape index (κ1) is 25.9. The molecule has 0 spiro atoms. The van der Waals surface area contributed by atoms with E-state index in [9.17, 15) is 19.5 Å². The third-order valence-electron chi connectivity index (χ3n) is 1.86. The van der Waals surface area contributed by atoms with Crippen molar-refractivity contribution >= 4 is 17.9 Å². The van der Waals surface area contributed by atoms with Gasteiger partial charge in [-0.2, -0.15) is 0 Å². The minimum absolute atomic E-state index is 0. The molecule has 0 aliphatic heterocycles. The van der Waals surface area contributed by atoms with Crippen molar-refractivity contribution in [3.63, 3.8) is 0 Å². The summed E-state index contributed by atoms with van der Waals surface area (Å²) in [5.74, 6) is -4.49. The van der Waals surface area contributed by atoms with Crippen LogP contribution in [-0.2, 0) is 14.4 Å². The van der Waals surface area contributed by atoms with Crippen molar-refractivity contribution in [3.8, 4) is 0 Å². The Morgan fingerprint density at radius 3 is 1.50 bits per heavy atom. The number of hydrogen-bond acceptors (Lipinski definition) is 9. The quantitative estimate of drug-likeness (QED) is 0.171. The molecule has 0 heterocycles. The molecule has 12 heteroatoms. The van der Waals surface area contributed by atoms with Gasteiger partial charge < -0.3 is 45.6 Å². The van der Waals surface area contributed by atoms with Crippen LogP contribution in [0.2, 0.25) is 0 Å². The Morgan fingerprint density at radius 1 is 0.909 bits per heavy atom. The number of carboxylic acids is 3. The predicted octanol–water partition coefficient (Wildman–Crippen LogP) is -8.11. The molecule has 0 fully saturated rings. The van der Waals surface area contributed by atoms with Crippen molar-refractivity contribution in [2.45, 2.75) is 24.4 Å². The molecule has 0 unspecified atom stereocenters. The zero-order chi connectivity index (χ0) is 17.2. The van der Waals surface area contributed by atoms with E-state index in [4.69, 9.17) is 35.7 Å². The molecule has 0 aliphatic rings. The minimum Gasteiger partial charge on any atom is -0.547 e. The van der Waals surface area contributed by atoms with Gasteiger partial charge in [0, 0.05) is 12.2 Å². The third kappa shape index (κ3) is 12.7. The van der Waals surface area contributed by atoms with Crippen LogP contribution in [0.1, 0.15) is 0 Å². The zero-order valence-electron chi connectivity index (χ0n) is 11.4. The Hall–Kier alpha value is -1.05. The van der Waals surface area contributed by atoms with E-state index >= 15 is 0 Å². The van der Waals surface area contributed by atoms with Gasteiger partial charge in [-0.1, -0.05) is 0 Å². The number of hydrogen-bond donors (Lipinski definition) is 7. The topological polar surface area (TPSA) is 216 Å². The number of rotatable bonds is 7. The first-order valence-electron chi connectivity index (χ1n) is 5.22. The van der Waals surface area contributed by atoms with Crippen molar-refractivity contribution in [1.29, 1.82) is 0 Å². The van der Waals surface area contributed by atoms with Gasteiger partial charge in [0.05, 0.1) is 12.6 Å². The molecule has 4 atom stereocenters. The molecular formula is C10H15NaO11. The molecule has 122 valence electrons. The van der Waals surface area contributed by atoms with Gasteiger partial charge in [0.1, 0.15) is 24.4 Å². The van der Waals surface area contributed by atoms with E-state index in [-0.39, 0.29) is 29.6 Å². The average molecular weight is 334 g/mol. The van der Waals surface area contributed by atoms with E-state index in [0.717, 1.165) is 0 Å². The van der Waals surface area contributed by atoms with Gasteiger partial charge in [-0.25, -0.2) is 9.59 Å². The van der Waals surface area contributed by atoms with Gasteiger partial charge in [-0.3, -0.25) is 0 Å². The second-order valence-electron chi connectivity index (χ2n) is 3.50. The third-order valence-corrected chi connectivity index (χ3v) is 1.86. The molecule has 0 amide bonds. The molecule has 0 saturated carbocycles. The number of carbonyl (C=O) groups is 3. The smallest absolute Gasteiger partial charge is 0.547 e. The van der Waals surface area contributed by atoms with Crippen molar-refractivity contribution in [1.82, 2.24) is 0 Å². The van der Waals surface area contributed by atoms with Crippen LogP contribution in [0.3, 0.4) is 0 Å².